The van der Waals surface area contributed by atoms with Gasteiger partial charge >= 0.3 is 11.9 Å². The van der Waals surface area contributed by atoms with Crippen LogP contribution in [0.25, 0.3) is 56.3 Å². The third-order valence-electron chi connectivity index (χ3n) is 25.0. The molecule has 4 amide bonds. The summed E-state index contributed by atoms with van der Waals surface area (Å²) in [6, 6.07) is 54.2. The van der Waals surface area contributed by atoms with E-state index in [0.29, 0.717) is 84.1 Å². The highest BCUT2D eigenvalue weighted by Gasteiger charge is 2.25. The number of aromatic nitrogens is 5. The third-order valence-corrected chi connectivity index (χ3v) is 25.0. The van der Waals surface area contributed by atoms with Gasteiger partial charge in [-0.05, 0) is 297 Å². The number of likely N-dealkylation sites (tertiary alicyclic amines) is 4. The molecular formula is C113H143N15O18. The molecule has 0 spiro atoms. The van der Waals surface area contributed by atoms with Gasteiger partial charge in [0.05, 0.1) is 64.0 Å². The number of hydrogen-bond donors (Lipinski definition) is 7. The van der Waals surface area contributed by atoms with Crippen LogP contribution in [-0.2, 0) is 42.3 Å². The van der Waals surface area contributed by atoms with Crippen molar-refractivity contribution >= 4 is 35.6 Å². The van der Waals surface area contributed by atoms with Crippen LogP contribution in [0.15, 0.2) is 244 Å². The molecule has 5 aromatic carbocycles. The van der Waals surface area contributed by atoms with Crippen LogP contribution in [0.3, 0.4) is 0 Å². The van der Waals surface area contributed by atoms with E-state index >= 15 is 0 Å². The average molecular weight is 2000 g/mol. The second-order valence-corrected chi connectivity index (χ2v) is 35.8. The van der Waals surface area contributed by atoms with Crippen molar-refractivity contribution in [2.75, 3.05) is 140 Å². The fourth-order valence-corrected chi connectivity index (χ4v) is 17.6. The summed E-state index contributed by atoms with van der Waals surface area (Å²) in [5, 5.41) is 38.7. The predicted octanol–water partition coefficient (Wildman–Crippen LogP) is 14.0. The largest absolute Gasteiger partial charge is 0.497 e. The second kappa shape index (κ2) is 61.3. The van der Waals surface area contributed by atoms with E-state index in [1.807, 2.05) is 105 Å². The monoisotopic (exact) mass is 2000 g/mol. The van der Waals surface area contributed by atoms with E-state index in [4.69, 9.17) is 39.8 Å². The minimum Gasteiger partial charge on any atom is -0.497 e. The predicted molar refractivity (Wildman–Crippen MR) is 572 cm³/mol. The number of aromatic carboxylic acids is 1. The topological polar surface area (TPSA) is 410 Å². The fraction of sp³-hybridized carbons (Fsp3) is 0.398. The number of carboxylic acids is 2. The number of amides is 4. The highest BCUT2D eigenvalue weighted by molar-refractivity contribution is 5.96. The van der Waals surface area contributed by atoms with Crippen LogP contribution in [0.1, 0.15) is 164 Å². The smallest absolute Gasteiger partial charge is 0.341 e. The summed E-state index contributed by atoms with van der Waals surface area (Å²) < 4.78 is 33.1. The van der Waals surface area contributed by atoms with E-state index < -0.39 is 47.0 Å². The van der Waals surface area contributed by atoms with Crippen LogP contribution >= 0.6 is 0 Å². The number of carboxylic acid groups (broad SMARTS) is 2. The number of nitriles is 1. The van der Waals surface area contributed by atoms with Gasteiger partial charge in [-0.2, -0.15) is 5.26 Å². The van der Waals surface area contributed by atoms with Gasteiger partial charge in [0, 0.05) is 73.1 Å². The molecule has 0 aliphatic carbocycles. The van der Waals surface area contributed by atoms with Gasteiger partial charge in [-0.15, -0.1) is 19.7 Å². The lowest BCUT2D eigenvalue weighted by Crippen LogP contribution is -2.39. The first kappa shape index (κ1) is 115. The summed E-state index contributed by atoms with van der Waals surface area (Å²) in [5.74, 6) is -0.619. The molecule has 0 radical (unpaired) electrons. The average Bonchev–Trinajstić information content (AvgIpc) is 0.812. The Hall–Kier alpha value is -14.8. The summed E-state index contributed by atoms with van der Waals surface area (Å²) in [5.41, 5.74) is 9.95. The van der Waals surface area contributed by atoms with Crippen molar-refractivity contribution in [3.63, 3.8) is 0 Å². The number of aliphatic carboxylic acids is 1. The lowest BCUT2D eigenvalue weighted by atomic mass is 10.1. The molecule has 778 valence electrons. The van der Waals surface area contributed by atoms with Crippen LogP contribution < -0.4 is 78.5 Å². The Morgan fingerprint density at radius 2 is 0.637 bits per heavy atom. The van der Waals surface area contributed by atoms with Crippen LogP contribution in [0.4, 0.5) is 0 Å². The summed E-state index contributed by atoms with van der Waals surface area (Å²) in [4.78, 5) is 147. The number of benzene rings is 5. The van der Waals surface area contributed by atoms with Gasteiger partial charge in [-0.3, -0.25) is 57.1 Å². The quantitative estimate of drug-likeness (QED) is 0.0138. The van der Waals surface area contributed by atoms with Gasteiger partial charge in [0.2, 0.25) is 5.91 Å². The molecule has 146 heavy (non-hydrogen) atoms. The molecule has 5 aromatic heterocycles. The van der Waals surface area contributed by atoms with E-state index in [1.54, 1.807) is 124 Å². The van der Waals surface area contributed by atoms with Gasteiger partial charge in [0.15, 0.2) is 0 Å². The van der Waals surface area contributed by atoms with E-state index in [0.717, 1.165) is 123 Å². The fourth-order valence-electron chi connectivity index (χ4n) is 17.6. The van der Waals surface area contributed by atoms with Gasteiger partial charge in [-0.25, -0.2) is 4.79 Å². The number of hydrogen-bond acceptors (Lipinski definition) is 22. The Kier molecular flexibility index (Phi) is 48.2. The zero-order valence-corrected chi connectivity index (χ0v) is 85.4. The van der Waals surface area contributed by atoms with Crippen LogP contribution in [-0.4, -0.2) is 235 Å². The van der Waals surface area contributed by atoms with Crippen LogP contribution in [0.2, 0.25) is 0 Å². The number of nitrogens with one attached hydrogen (secondary N) is 4. The summed E-state index contributed by atoms with van der Waals surface area (Å²) in [6.45, 7) is 30.7. The number of piperidine rings is 4. The van der Waals surface area contributed by atoms with Gasteiger partial charge in [-0.1, -0.05) is 105 Å². The Labute approximate surface area is 854 Å². The molecular weight excluding hydrogens is 1860 g/mol. The second-order valence-electron chi connectivity index (χ2n) is 35.8. The standard InChI is InChI=1S/C26H36N4O4.C24H31N3O3.C23H29N3O5.C16H14N2O2.C16H15NO4.C8H18N2/c1-19(2)28-24(31)18-30-23(20-9-7-10-21(17-20)34-3)12-11-22(26(30)33)25(32)27-13-8-16-29-14-5-4-6-15-29;1-3-14-27-22(19-9-7-10-20(18-19)30-2)12-11-21(24(27)29)23(28)25-13-8-17-26-15-5-4-6-16-26;1-31-18-8-5-7-17(15-18)20-10-9-19(23(30)26(20)16-21(27)28)22(29)24-11-6-14-25-12-3-2-4-13-25;1-3-9-18-15(8-7-13(11-17)16(18)19)12-5-4-6-14(10-12)20-2;1-3-9-17-14(8-7-13(15(17)18)16(19)20)11-5-4-6-12(10-11)21-2;9-5-4-8-10-6-2-1-3-7-10/h7,9-12,17,19H,4-6,8,13-16,18H2,1-3H3,(H,27,32)(H,28,31);3,7,9-12,18H,1,4-6,8,13-17H2,2H3,(H,25,28);5,7-10,15H,2-4,6,11-14,16H2,1H3,(H,24,29)(H,27,28);3-8,10H,1,9H2,2H3;3-8,10H,1,9H2,2H3,(H,19,20);1-9H2. The number of ether oxygens (including phenoxy) is 5. The van der Waals surface area contributed by atoms with Crippen molar-refractivity contribution in [1.29, 1.82) is 5.26 Å². The minimum absolute atomic E-state index is 0.0296. The van der Waals surface area contributed by atoms with Gasteiger partial charge in [0.25, 0.3) is 45.5 Å². The van der Waals surface area contributed by atoms with E-state index in [-0.39, 0.29) is 69.9 Å². The number of carbonyl (C=O) groups is 6. The number of nitrogens with zero attached hydrogens (tertiary/aromatic N) is 10. The molecule has 14 rings (SSSR count). The lowest BCUT2D eigenvalue weighted by Gasteiger charge is -2.26. The Morgan fingerprint density at radius 1 is 0.370 bits per heavy atom. The molecule has 33 heteroatoms. The van der Waals surface area contributed by atoms with Gasteiger partial charge < -0.3 is 94.2 Å². The molecule has 0 atom stereocenters. The molecule has 0 saturated carbocycles. The molecule has 33 nitrogen and oxygen atoms in total. The van der Waals surface area contributed by atoms with E-state index in [2.05, 4.69) is 60.6 Å². The molecule has 8 N–H and O–H groups in total. The Balaban J connectivity index is 0.000000200. The van der Waals surface area contributed by atoms with E-state index in [9.17, 15) is 57.8 Å². The molecule has 4 aliphatic heterocycles. The highest BCUT2D eigenvalue weighted by Crippen LogP contribution is 2.30. The zero-order chi connectivity index (χ0) is 105. The first-order valence-corrected chi connectivity index (χ1v) is 50.1. The first-order chi connectivity index (χ1) is 70.7. The van der Waals surface area contributed by atoms with Crippen LogP contribution in [0.5, 0.6) is 28.7 Å². The summed E-state index contributed by atoms with van der Waals surface area (Å²) in [7, 11) is 7.86. The van der Waals surface area contributed by atoms with Crippen molar-refractivity contribution in [3.8, 4) is 91.1 Å². The Morgan fingerprint density at radius 3 is 0.911 bits per heavy atom. The summed E-state index contributed by atoms with van der Waals surface area (Å²) >= 11 is 0. The number of allylic oxidation sites excluding steroid dienone is 3. The molecule has 0 unspecified atom stereocenters. The lowest BCUT2D eigenvalue weighted by molar-refractivity contribution is -0.137. The van der Waals surface area contributed by atoms with Crippen molar-refractivity contribution in [2.24, 2.45) is 5.73 Å². The zero-order valence-electron chi connectivity index (χ0n) is 85.4. The number of pyridine rings is 5. The highest BCUT2D eigenvalue weighted by atomic mass is 16.5. The maximum Gasteiger partial charge on any atom is 0.341 e. The van der Waals surface area contributed by atoms with Crippen molar-refractivity contribution in [3.05, 3.63) is 300 Å². The van der Waals surface area contributed by atoms with Crippen molar-refractivity contribution < 1.29 is 62.7 Å². The van der Waals surface area contributed by atoms with E-state index in [1.165, 1.54) is 148 Å². The maximum absolute atomic E-state index is 13.3. The minimum atomic E-state index is -1.24. The third kappa shape index (κ3) is 35.0. The molecule has 4 aliphatic rings. The molecule has 4 fully saturated rings. The number of nitrogens with two attached hydrogens (primary N) is 1. The number of rotatable bonds is 40. The normalized spacial score (nSPS) is 13.5. The molecule has 10 aromatic rings. The molecule has 0 bridgehead atoms. The van der Waals surface area contributed by atoms with Crippen LogP contribution in [0, 0.1) is 11.3 Å². The molecule has 9 heterocycles. The number of methoxy groups -OCH3 is 5. The van der Waals surface area contributed by atoms with Crippen molar-refractivity contribution in [1.82, 2.24) is 63.7 Å². The SMILES string of the molecule is C=CCn1c(-c2cccc(OC)c2)ccc(C#N)c1=O.C=CCn1c(-c2cccc(OC)c2)ccc(C(=O)NCCCN2CCCCC2)c1=O.C=CCn1c(-c2cccc(OC)c2)ccc(C(=O)O)c1=O.COc1cccc(-c2ccc(C(=O)NCCCN3CCCCC3)c(=O)n2CC(=O)NC(C)C)c1.COc1cccc(-c2ccc(C(=O)NCCCN3CCCCC3)c(=O)n2CC(=O)O)c1.NCCCN1CCCCC1. The molecule has 4 saturated heterocycles. The number of carbonyl (C=O) groups excluding carboxylic acids is 4. The van der Waals surface area contributed by atoms with Gasteiger partial charge in [0.1, 0.15) is 75.7 Å². The maximum atomic E-state index is 13.3. The summed E-state index contributed by atoms with van der Waals surface area (Å²) in [6.07, 6.45) is 24.0. The Bertz CT molecular complexity index is 6370. The van der Waals surface area contributed by atoms with Crippen molar-refractivity contribution in [2.45, 2.75) is 155 Å². The first-order valence-electron chi connectivity index (χ1n) is 50.1.